The number of hydrogen-bond donors (Lipinski definition) is 1. The molecule has 0 amide bonds. The number of fused-ring (bicyclic) bond motifs is 1. The van der Waals surface area contributed by atoms with Crippen LogP contribution in [-0.2, 0) is 0 Å². The molecule has 1 heterocycles. The molecule has 2 aromatic carbocycles. The standard InChI is InChI=1S/C15H12ClNO4/c16-10-6-7-12-11(8-10)14(18)13(17(19)20)15(21-12)9-4-2-1-3-5-9/h1-8,13-15,18H. The molecule has 0 fully saturated rings. The predicted octanol–water partition coefficient (Wildman–Crippen LogP) is 3.15. The summed E-state index contributed by atoms with van der Waals surface area (Å²) in [6.45, 7) is 0. The zero-order valence-corrected chi connectivity index (χ0v) is 11.6. The minimum atomic E-state index is -1.28. The molecule has 3 atom stereocenters. The second kappa shape index (κ2) is 5.35. The Morgan fingerprint density at radius 3 is 2.57 bits per heavy atom. The summed E-state index contributed by atoms with van der Waals surface area (Å²) < 4.78 is 5.76. The molecule has 6 heteroatoms. The van der Waals surface area contributed by atoms with Crippen molar-refractivity contribution in [1.82, 2.24) is 0 Å². The van der Waals surface area contributed by atoms with Gasteiger partial charge in [-0.2, -0.15) is 0 Å². The van der Waals surface area contributed by atoms with Crippen LogP contribution in [0.15, 0.2) is 48.5 Å². The first-order valence-electron chi connectivity index (χ1n) is 6.40. The first-order chi connectivity index (χ1) is 10.1. The molecule has 5 nitrogen and oxygen atoms in total. The average molecular weight is 306 g/mol. The molecule has 0 bridgehead atoms. The van der Waals surface area contributed by atoms with E-state index in [1.807, 2.05) is 6.07 Å². The highest BCUT2D eigenvalue weighted by Crippen LogP contribution is 2.43. The number of ether oxygens (including phenoxy) is 1. The maximum absolute atomic E-state index is 11.4. The molecular weight excluding hydrogens is 294 g/mol. The number of rotatable bonds is 2. The highest BCUT2D eigenvalue weighted by atomic mass is 35.5. The molecule has 0 aromatic heterocycles. The molecule has 21 heavy (non-hydrogen) atoms. The number of aliphatic hydroxyl groups excluding tert-OH is 1. The SMILES string of the molecule is O=[N+]([O-])C1C(O)c2cc(Cl)ccc2OC1c1ccccc1. The van der Waals surface area contributed by atoms with Crippen molar-refractivity contribution in [1.29, 1.82) is 0 Å². The Bertz CT molecular complexity index is 677. The van der Waals surface area contributed by atoms with E-state index in [1.165, 1.54) is 6.07 Å². The van der Waals surface area contributed by atoms with Gasteiger partial charge in [-0.15, -0.1) is 0 Å². The van der Waals surface area contributed by atoms with Gasteiger partial charge in [0.2, 0.25) is 0 Å². The maximum Gasteiger partial charge on any atom is 0.283 e. The summed E-state index contributed by atoms with van der Waals surface area (Å²) in [6, 6.07) is 12.3. The Morgan fingerprint density at radius 2 is 1.90 bits per heavy atom. The van der Waals surface area contributed by atoms with Crippen molar-refractivity contribution in [3.8, 4) is 5.75 Å². The van der Waals surface area contributed by atoms with Gasteiger partial charge in [-0.3, -0.25) is 10.1 Å². The zero-order chi connectivity index (χ0) is 15.0. The largest absolute Gasteiger partial charge is 0.478 e. The van der Waals surface area contributed by atoms with Crippen molar-refractivity contribution in [3.63, 3.8) is 0 Å². The van der Waals surface area contributed by atoms with Crippen LogP contribution in [0.2, 0.25) is 5.02 Å². The van der Waals surface area contributed by atoms with Gasteiger partial charge < -0.3 is 9.84 Å². The van der Waals surface area contributed by atoms with E-state index in [9.17, 15) is 15.2 Å². The highest BCUT2D eigenvalue weighted by molar-refractivity contribution is 6.30. The number of benzene rings is 2. The number of nitro groups is 1. The normalized spacial score (nSPS) is 24.0. The fourth-order valence-electron chi connectivity index (χ4n) is 2.55. The molecule has 1 aliphatic heterocycles. The summed E-state index contributed by atoms with van der Waals surface area (Å²) in [5, 5.41) is 22.1. The molecule has 2 aromatic rings. The van der Waals surface area contributed by atoms with Gasteiger partial charge in [0.25, 0.3) is 6.04 Å². The van der Waals surface area contributed by atoms with Crippen LogP contribution in [0.5, 0.6) is 5.75 Å². The molecule has 0 aliphatic carbocycles. The van der Waals surface area contributed by atoms with Crippen LogP contribution in [0.3, 0.4) is 0 Å². The van der Waals surface area contributed by atoms with E-state index in [0.29, 0.717) is 21.9 Å². The van der Waals surface area contributed by atoms with Crippen molar-refractivity contribution in [2.45, 2.75) is 18.2 Å². The van der Waals surface area contributed by atoms with Gasteiger partial charge >= 0.3 is 0 Å². The molecular formula is C15H12ClNO4. The first-order valence-corrected chi connectivity index (χ1v) is 6.78. The fraction of sp³-hybridized carbons (Fsp3) is 0.200. The lowest BCUT2D eigenvalue weighted by Gasteiger charge is -2.32. The summed E-state index contributed by atoms with van der Waals surface area (Å²) in [5.74, 6) is 0.416. The van der Waals surface area contributed by atoms with Gasteiger partial charge in [0.1, 0.15) is 5.75 Å². The molecule has 0 spiro atoms. The summed E-state index contributed by atoms with van der Waals surface area (Å²) in [5.41, 5.74) is 0.996. The predicted molar refractivity (Wildman–Crippen MR) is 77.0 cm³/mol. The van der Waals surface area contributed by atoms with Crippen LogP contribution in [0.1, 0.15) is 23.3 Å². The lowest BCUT2D eigenvalue weighted by atomic mass is 9.90. The van der Waals surface area contributed by atoms with E-state index in [2.05, 4.69) is 0 Å². The minimum Gasteiger partial charge on any atom is -0.478 e. The van der Waals surface area contributed by atoms with Crippen LogP contribution < -0.4 is 4.74 Å². The third kappa shape index (κ3) is 2.46. The Labute approximate surface area is 125 Å². The van der Waals surface area contributed by atoms with Crippen LogP contribution >= 0.6 is 11.6 Å². The van der Waals surface area contributed by atoms with E-state index in [1.54, 1.807) is 36.4 Å². The number of halogens is 1. The van der Waals surface area contributed by atoms with E-state index >= 15 is 0 Å². The maximum atomic E-state index is 11.4. The molecule has 0 saturated heterocycles. The number of aliphatic hydroxyl groups is 1. The lowest BCUT2D eigenvalue weighted by molar-refractivity contribution is -0.549. The second-order valence-corrected chi connectivity index (χ2v) is 5.29. The molecule has 1 N–H and O–H groups in total. The Balaban J connectivity index is 2.09. The van der Waals surface area contributed by atoms with Crippen LogP contribution in [-0.4, -0.2) is 16.1 Å². The van der Waals surface area contributed by atoms with Crippen molar-refractivity contribution in [3.05, 3.63) is 74.8 Å². The summed E-state index contributed by atoms with van der Waals surface area (Å²) in [4.78, 5) is 10.9. The quantitative estimate of drug-likeness (QED) is 0.683. The molecule has 108 valence electrons. The van der Waals surface area contributed by atoms with Crippen LogP contribution in [0.4, 0.5) is 0 Å². The first kappa shape index (κ1) is 13.9. The highest BCUT2D eigenvalue weighted by Gasteiger charge is 2.46. The van der Waals surface area contributed by atoms with Gasteiger partial charge in [-0.25, -0.2) is 0 Å². The number of hydrogen-bond acceptors (Lipinski definition) is 4. The van der Waals surface area contributed by atoms with Crippen molar-refractivity contribution >= 4 is 11.6 Å². The Hall–Kier alpha value is -2.11. The van der Waals surface area contributed by atoms with Gasteiger partial charge in [-0.1, -0.05) is 41.9 Å². The van der Waals surface area contributed by atoms with Gasteiger partial charge in [0, 0.05) is 15.5 Å². The van der Waals surface area contributed by atoms with Crippen LogP contribution in [0, 0.1) is 10.1 Å². The molecule has 0 radical (unpaired) electrons. The van der Waals surface area contributed by atoms with E-state index in [-0.39, 0.29) is 0 Å². The van der Waals surface area contributed by atoms with Crippen molar-refractivity contribution in [2.24, 2.45) is 0 Å². The molecule has 0 saturated carbocycles. The monoisotopic (exact) mass is 305 g/mol. The molecule has 1 aliphatic rings. The smallest absolute Gasteiger partial charge is 0.283 e. The van der Waals surface area contributed by atoms with E-state index in [0.717, 1.165) is 0 Å². The average Bonchev–Trinajstić information content (AvgIpc) is 2.48. The lowest BCUT2D eigenvalue weighted by Crippen LogP contribution is -2.40. The third-order valence-corrected chi connectivity index (χ3v) is 3.78. The van der Waals surface area contributed by atoms with Gasteiger partial charge in [-0.05, 0) is 23.8 Å². The Morgan fingerprint density at radius 1 is 1.19 bits per heavy atom. The van der Waals surface area contributed by atoms with Crippen molar-refractivity contribution in [2.75, 3.05) is 0 Å². The van der Waals surface area contributed by atoms with Gasteiger partial charge in [0.15, 0.2) is 12.2 Å². The van der Waals surface area contributed by atoms with Crippen molar-refractivity contribution < 1.29 is 14.8 Å². The summed E-state index contributed by atoms with van der Waals surface area (Å²) in [7, 11) is 0. The van der Waals surface area contributed by atoms with Crippen LogP contribution in [0.25, 0.3) is 0 Å². The molecule has 3 rings (SSSR count). The van der Waals surface area contributed by atoms with E-state index < -0.39 is 23.2 Å². The van der Waals surface area contributed by atoms with Gasteiger partial charge in [0.05, 0.1) is 0 Å². The summed E-state index contributed by atoms with van der Waals surface area (Å²) >= 11 is 5.89. The second-order valence-electron chi connectivity index (χ2n) is 4.85. The zero-order valence-electron chi connectivity index (χ0n) is 10.8. The minimum absolute atomic E-state index is 0.344. The van der Waals surface area contributed by atoms with E-state index in [4.69, 9.17) is 16.3 Å². The molecule has 3 unspecified atom stereocenters. The Kier molecular flexibility index (Phi) is 3.53. The fourth-order valence-corrected chi connectivity index (χ4v) is 2.73. The summed E-state index contributed by atoms with van der Waals surface area (Å²) in [6.07, 6.45) is -2.11. The number of nitrogens with zero attached hydrogens (tertiary/aromatic N) is 1. The third-order valence-electron chi connectivity index (χ3n) is 3.55. The topological polar surface area (TPSA) is 72.6 Å².